The highest BCUT2D eigenvalue weighted by Gasteiger charge is 2.48. The van der Waals surface area contributed by atoms with E-state index < -0.39 is 47.5 Å². The number of nitrogens with one attached hydrogen (secondary N) is 4. The van der Waals surface area contributed by atoms with Gasteiger partial charge in [0.2, 0.25) is 17.7 Å². The number of piperidine rings is 2. The first-order valence-corrected chi connectivity index (χ1v) is 22.2. The molecule has 3 aromatic carbocycles. The fourth-order valence-electron chi connectivity index (χ4n) is 9.40. The van der Waals surface area contributed by atoms with Gasteiger partial charge in [0.05, 0.1) is 47.9 Å². The van der Waals surface area contributed by atoms with Gasteiger partial charge in [0.25, 0.3) is 11.8 Å². The molecule has 4 aliphatic rings. The van der Waals surface area contributed by atoms with Crippen LogP contribution in [0.25, 0.3) is 10.9 Å². The van der Waals surface area contributed by atoms with E-state index in [2.05, 4.69) is 36.1 Å². The number of aryl methyl sites for hydroxylation is 1. The molecule has 350 valence electrons. The van der Waals surface area contributed by atoms with E-state index in [4.69, 9.17) is 15.2 Å². The van der Waals surface area contributed by atoms with Crippen LogP contribution in [0.4, 0.5) is 30.4 Å². The lowest BCUT2D eigenvalue weighted by atomic mass is 9.89. The largest absolute Gasteiger partial charge is 0.493 e. The molecule has 0 spiro atoms. The van der Waals surface area contributed by atoms with Crippen LogP contribution in [-0.2, 0) is 20.6 Å². The Balaban J connectivity index is 0.884. The quantitative estimate of drug-likeness (QED) is 0.0660. The van der Waals surface area contributed by atoms with Crippen LogP contribution in [0.3, 0.4) is 0 Å². The summed E-state index contributed by atoms with van der Waals surface area (Å²) in [5.41, 5.74) is 6.65. The second kappa shape index (κ2) is 18.4. The van der Waals surface area contributed by atoms with Gasteiger partial charge in [-0.1, -0.05) is 6.07 Å². The molecule has 6 N–H and O–H groups in total. The van der Waals surface area contributed by atoms with E-state index in [0.717, 1.165) is 55.8 Å². The zero-order chi connectivity index (χ0) is 47.1. The van der Waals surface area contributed by atoms with Gasteiger partial charge in [-0.25, -0.2) is 9.97 Å². The number of carbonyl (C=O) groups excluding carboxylic acids is 5. The molecule has 3 aliphatic heterocycles. The molecule has 66 heavy (non-hydrogen) atoms. The van der Waals surface area contributed by atoms with Gasteiger partial charge in [-0.2, -0.15) is 13.2 Å². The van der Waals surface area contributed by atoms with E-state index in [-0.39, 0.29) is 52.8 Å². The third-order valence-electron chi connectivity index (χ3n) is 13.3. The normalized spacial score (nSPS) is 19.6. The molecule has 0 bridgehead atoms. The molecule has 2 saturated heterocycles. The number of aromatic nitrogens is 2. The summed E-state index contributed by atoms with van der Waals surface area (Å²) in [5.74, 6) is -0.516. The van der Waals surface area contributed by atoms with Crippen molar-refractivity contribution in [3.8, 4) is 11.5 Å². The molecule has 19 heteroatoms. The number of nitrogen functional groups attached to an aromatic ring is 1. The predicted molar refractivity (Wildman–Crippen MR) is 239 cm³/mol. The van der Waals surface area contributed by atoms with Gasteiger partial charge in [0.1, 0.15) is 17.7 Å². The highest BCUT2D eigenvalue weighted by atomic mass is 19.4. The van der Waals surface area contributed by atoms with Crippen LogP contribution in [0.1, 0.15) is 95.6 Å². The highest BCUT2D eigenvalue weighted by Crippen LogP contribution is 2.52. The number of halogens is 3. The van der Waals surface area contributed by atoms with E-state index in [1.165, 1.54) is 13.2 Å². The maximum absolute atomic E-state index is 13.6. The summed E-state index contributed by atoms with van der Waals surface area (Å²) >= 11 is 0. The highest BCUT2D eigenvalue weighted by molar-refractivity contribution is 6.25. The Hall–Kier alpha value is -6.50. The fourth-order valence-corrected chi connectivity index (χ4v) is 9.40. The third-order valence-corrected chi connectivity index (χ3v) is 13.3. The van der Waals surface area contributed by atoms with Crippen molar-refractivity contribution in [1.29, 1.82) is 0 Å². The number of imide groups is 2. The third kappa shape index (κ3) is 9.71. The number of carbonyl (C=O) groups is 5. The molecular weight excluding hydrogens is 860 g/mol. The lowest BCUT2D eigenvalue weighted by Gasteiger charge is -2.35. The van der Waals surface area contributed by atoms with Crippen LogP contribution >= 0.6 is 0 Å². The number of hydrogen-bond donors (Lipinski definition) is 5. The Morgan fingerprint density at radius 1 is 1.02 bits per heavy atom. The molecule has 3 fully saturated rings. The number of methoxy groups -OCH3 is 1. The number of hydrogen-bond acceptors (Lipinski definition) is 13. The molecule has 4 heterocycles. The van der Waals surface area contributed by atoms with Gasteiger partial charge in [0.15, 0.2) is 11.5 Å². The van der Waals surface area contributed by atoms with Crippen molar-refractivity contribution in [2.75, 3.05) is 63.3 Å². The van der Waals surface area contributed by atoms with Crippen molar-refractivity contribution in [1.82, 2.24) is 30.4 Å². The number of fused-ring (bicyclic) bond motifs is 2. The molecule has 4 aromatic rings. The van der Waals surface area contributed by atoms with Gasteiger partial charge in [-0.15, -0.1) is 0 Å². The van der Waals surface area contributed by atoms with Gasteiger partial charge >= 0.3 is 6.18 Å². The van der Waals surface area contributed by atoms with Gasteiger partial charge in [-0.3, -0.25) is 34.2 Å². The molecule has 3 unspecified atom stereocenters. The maximum Gasteiger partial charge on any atom is 0.416 e. The molecular formula is C47H54F3N9O7. The van der Waals surface area contributed by atoms with Crippen LogP contribution in [-0.4, -0.2) is 102 Å². The van der Waals surface area contributed by atoms with Crippen molar-refractivity contribution in [3.63, 3.8) is 0 Å². The molecule has 1 saturated carbocycles. The Bertz CT molecular complexity index is 2580. The van der Waals surface area contributed by atoms with E-state index >= 15 is 0 Å². The number of nitrogens with zero attached hydrogens (tertiary/aromatic N) is 4. The molecule has 5 amide bonds. The summed E-state index contributed by atoms with van der Waals surface area (Å²) in [7, 11) is 3.18. The number of alkyl halides is 3. The minimum atomic E-state index is -4.56. The number of ether oxygens (including phenoxy) is 2. The summed E-state index contributed by atoms with van der Waals surface area (Å²) in [6, 6.07) is 10.4. The van der Waals surface area contributed by atoms with Crippen LogP contribution in [0.15, 0.2) is 48.5 Å². The van der Waals surface area contributed by atoms with Gasteiger partial charge in [0, 0.05) is 54.8 Å². The second-order valence-corrected chi connectivity index (χ2v) is 18.0. The lowest BCUT2D eigenvalue weighted by molar-refractivity contribution is -0.138. The van der Waals surface area contributed by atoms with Gasteiger partial charge in [-0.05, 0) is 113 Å². The Kier molecular flexibility index (Phi) is 12.8. The predicted octanol–water partition coefficient (Wildman–Crippen LogP) is 5.86. The summed E-state index contributed by atoms with van der Waals surface area (Å²) in [6.07, 6.45) is -0.376. The minimum Gasteiger partial charge on any atom is -0.493 e. The van der Waals surface area contributed by atoms with Crippen molar-refractivity contribution in [2.24, 2.45) is 17.3 Å². The summed E-state index contributed by atoms with van der Waals surface area (Å²) in [4.78, 5) is 77.0. The number of benzene rings is 3. The minimum absolute atomic E-state index is 0.00366. The van der Waals surface area contributed by atoms with E-state index in [0.29, 0.717) is 71.4 Å². The first kappa shape index (κ1) is 46.0. The summed E-state index contributed by atoms with van der Waals surface area (Å²) < 4.78 is 53.1. The second-order valence-electron chi connectivity index (χ2n) is 18.0. The Morgan fingerprint density at radius 2 is 1.77 bits per heavy atom. The smallest absolute Gasteiger partial charge is 0.416 e. The van der Waals surface area contributed by atoms with E-state index in [1.54, 1.807) is 51.2 Å². The first-order chi connectivity index (χ1) is 31.4. The van der Waals surface area contributed by atoms with Crippen molar-refractivity contribution in [2.45, 2.75) is 77.1 Å². The van der Waals surface area contributed by atoms with Crippen molar-refractivity contribution < 1.29 is 46.6 Å². The zero-order valence-electron chi connectivity index (χ0n) is 37.3. The first-order valence-electron chi connectivity index (χ1n) is 22.2. The SMILES string of the molecule is CNC(=O)C(CN1CCC(CNc2cccc3c2C(=O)N(C2CCC(=O)NC2=O)C3=O)CC1)CC1(COc2cc3c(NC(C)c4cc(N)cc(C(F)(F)F)c4)nc(C)nc3cc2OC)CC1. The number of nitrogens with two attached hydrogens (primary N) is 1. The monoisotopic (exact) mass is 913 g/mol. The molecule has 3 atom stereocenters. The molecule has 16 nitrogen and oxygen atoms in total. The number of likely N-dealkylation sites (tertiary alicyclic amines) is 1. The average Bonchev–Trinajstić information content (AvgIpc) is 4.00. The van der Waals surface area contributed by atoms with Crippen molar-refractivity contribution >= 4 is 57.6 Å². The van der Waals surface area contributed by atoms with E-state index in [1.807, 2.05) is 0 Å². The molecule has 8 rings (SSSR count). The van der Waals surface area contributed by atoms with Gasteiger partial charge < -0.3 is 36.1 Å². The molecule has 1 aliphatic carbocycles. The van der Waals surface area contributed by atoms with Crippen molar-refractivity contribution in [3.05, 3.63) is 76.6 Å². The number of rotatable bonds is 16. The Labute approximate surface area is 379 Å². The fraction of sp³-hybridized carbons (Fsp3) is 0.468. The maximum atomic E-state index is 13.6. The Morgan fingerprint density at radius 3 is 2.45 bits per heavy atom. The lowest BCUT2D eigenvalue weighted by Crippen LogP contribution is -2.54. The van der Waals surface area contributed by atoms with Crippen LogP contribution in [0.5, 0.6) is 11.5 Å². The summed E-state index contributed by atoms with van der Waals surface area (Å²) in [6.45, 7) is 6.45. The number of anilines is 3. The van der Waals surface area contributed by atoms with Crippen LogP contribution in [0.2, 0.25) is 0 Å². The number of amides is 5. The average molecular weight is 914 g/mol. The summed E-state index contributed by atoms with van der Waals surface area (Å²) in [5, 5.41) is 12.3. The topological polar surface area (TPSA) is 210 Å². The standard InChI is InChI=1S/C47H54F3N9O7/c1-25(28-16-30(47(48,49)50)18-31(51)17-28)54-41-33-19-38(37(65-4)20-35(33)55-26(2)56-41)66-24-46(12-13-46)21-29(42(61)52-3)23-58-14-10-27(11-15-58)22-53-34-7-5-6-32-40(34)45(64)59(44(32)63)36-8-9-39(60)57-43(36)62/h5-7,16-20,25,27,29,36,53H,8-15,21-24,51H2,1-4H3,(H,52,61)(H,54,55,56)(H,57,60,62). The van der Waals surface area contributed by atoms with Crippen LogP contribution in [0, 0.1) is 24.2 Å². The zero-order valence-corrected chi connectivity index (χ0v) is 37.3. The molecule has 1 aromatic heterocycles. The molecule has 0 radical (unpaired) electrons. The van der Waals surface area contributed by atoms with E-state index in [9.17, 15) is 37.1 Å². The van der Waals surface area contributed by atoms with Crippen LogP contribution < -0.4 is 36.5 Å².